The quantitative estimate of drug-likeness (QED) is 0.738. The Kier molecular flexibility index (Phi) is 4.74. The van der Waals surface area contributed by atoms with Crippen LogP contribution < -0.4 is 0 Å². The van der Waals surface area contributed by atoms with Crippen LogP contribution in [0.5, 0.6) is 0 Å². The second-order valence-electron chi connectivity index (χ2n) is 7.58. The molecule has 1 aromatic carbocycles. The molecule has 1 saturated heterocycles. The predicted octanol–water partition coefficient (Wildman–Crippen LogP) is 5.34. The molecule has 24 heavy (non-hydrogen) atoms. The molecule has 0 amide bonds. The van der Waals surface area contributed by atoms with Crippen molar-refractivity contribution in [3.63, 3.8) is 0 Å². The zero-order valence-corrected chi connectivity index (χ0v) is 17.3. The molecule has 130 valence electrons. The summed E-state index contributed by atoms with van der Waals surface area (Å²) in [5.74, 6) is 2.80. The van der Waals surface area contributed by atoms with Gasteiger partial charge in [-0.15, -0.1) is 0 Å². The van der Waals surface area contributed by atoms with E-state index in [4.69, 9.17) is 0 Å². The summed E-state index contributed by atoms with van der Waals surface area (Å²) >= 11 is 5.76. The molecule has 4 heteroatoms. The number of aromatic amines is 1. The van der Waals surface area contributed by atoms with Crippen molar-refractivity contribution in [2.45, 2.75) is 45.1 Å². The van der Waals surface area contributed by atoms with Crippen molar-refractivity contribution in [2.75, 3.05) is 25.1 Å². The van der Waals surface area contributed by atoms with E-state index in [1.54, 1.807) is 11.1 Å². The number of thioether (sulfide) groups is 1. The number of H-pyrrole nitrogens is 1. The van der Waals surface area contributed by atoms with Crippen molar-refractivity contribution in [1.29, 1.82) is 0 Å². The van der Waals surface area contributed by atoms with E-state index >= 15 is 0 Å². The van der Waals surface area contributed by atoms with Gasteiger partial charge in [-0.3, -0.25) is 4.90 Å². The summed E-state index contributed by atoms with van der Waals surface area (Å²) < 4.78 is 1.22. The molecule has 2 heterocycles. The van der Waals surface area contributed by atoms with Crippen molar-refractivity contribution in [3.8, 4) is 0 Å². The number of benzene rings is 1. The van der Waals surface area contributed by atoms with Gasteiger partial charge in [0.05, 0.1) is 0 Å². The van der Waals surface area contributed by atoms with E-state index in [9.17, 15) is 0 Å². The maximum absolute atomic E-state index is 3.75. The van der Waals surface area contributed by atoms with Crippen LogP contribution in [-0.2, 0) is 6.42 Å². The standard InChI is InChI=1S/C20H27BrN2S/c1-4-5-23-10-13(11-24-3)6-16-17-7-14(21)8-18-20(17)15(9-19(16)23)12(2)22-18/h7-8,13,16,19,22H,4-6,9-11H2,1-3H3/t13-,16?,19-/m1/s1. The summed E-state index contributed by atoms with van der Waals surface area (Å²) in [6.07, 6.45) is 6.07. The van der Waals surface area contributed by atoms with Crippen molar-refractivity contribution >= 4 is 38.6 Å². The lowest BCUT2D eigenvalue weighted by atomic mass is 9.72. The molecule has 0 saturated carbocycles. The lowest BCUT2D eigenvalue weighted by Crippen LogP contribution is -2.50. The molecule has 3 atom stereocenters. The molecule has 1 aromatic heterocycles. The zero-order valence-electron chi connectivity index (χ0n) is 14.9. The monoisotopic (exact) mass is 406 g/mol. The normalized spacial score (nSPS) is 26.8. The van der Waals surface area contributed by atoms with Crippen LogP contribution >= 0.6 is 27.7 Å². The summed E-state index contributed by atoms with van der Waals surface area (Å²) in [6, 6.07) is 5.34. The number of nitrogens with one attached hydrogen (secondary N) is 1. The van der Waals surface area contributed by atoms with E-state index in [-0.39, 0.29) is 0 Å². The van der Waals surface area contributed by atoms with E-state index < -0.39 is 0 Å². The molecule has 1 fully saturated rings. The molecule has 2 nitrogen and oxygen atoms in total. The van der Waals surface area contributed by atoms with Gasteiger partial charge >= 0.3 is 0 Å². The molecular formula is C20H27BrN2S. The summed E-state index contributed by atoms with van der Waals surface area (Å²) in [4.78, 5) is 6.44. The highest BCUT2D eigenvalue weighted by Crippen LogP contribution is 2.47. The van der Waals surface area contributed by atoms with E-state index in [0.717, 1.165) is 5.92 Å². The Bertz CT molecular complexity index is 754. The summed E-state index contributed by atoms with van der Waals surface area (Å²) in [5.41, 5.74) is 5.84. The number of likely N-dealkylation sites (tertiary alicyclic amines) is 1. The smallest absolute Gasteiger partial charge is 0.0473 e. The van der Waals surface area contributed by atoms with Crippen LogP contribution in [-0.4, -0.2) is 41.0 Å². The zero-order chi connectivity index (χ0) is 16.8. The fourth-order valence-corrected chi connectivity index (χ4v) is 6.29. The number of hydrogen-bond acceptors (Lipinski definition) is 2. The van der Waals surface area contributed by atoms with Crippen molar-refractivity contribution < 1.29 is 0 Å². The Morgan fingerprint density at radius 3 is 2.96 bits per heavy atom. The average Bonchev–Trinajstić information content (AvgIpc) is 2.85. The third kappa shape index (κ3) is 2.75. The number of rotatable bonds is 4. The maximum atomic E-state index is 3.75. The third-order valence-electron chi connectivity index (χ3n) is 5.95. The van der Waals surface area contributed by atoms with E-state index in [1.165, 1.54) is 59.2 Å². The highest BCUT2D eigenvalue weighted by molar-refractivity contribution is 9.10. The topological polar surface area (TPSA) is 19.0 Å². The molecule has 0 radical (unpaired) electrons. The van der Waals surface area contributed by atoms with E-state index in [1.807, 2.05) is 11.8 Å². The molecule has 2 aromatic rings. The van der Waals surface area contributed by atoms with Crippen molar-refractivity contribution in [2.24, 2.45) is 5.92 Å². The van der Waals surface area contributed by atoms with Gasteiger partial charge in [-0.2, -0.15) is 11.8 Å². The summed E-state index contributed by atoms with van der Waals surface area (Å²) in [5, 5.41) is 1.53. The Morgan fingerprint density at radius 1 is 1.38 bits per heavy atom. The lowest BCUT2D eigenvalue weighted by molar-refractivity contribution is 0.0925. The number of fused-ring (bicyclic) bond motifs is 2. The highest BCUT2D eigenvalue weighted by atomic mass is 79.9. The van der Waals surface area contributed by atoms with Gasteiger partial charge < -0.3 is 4.98 Å². The van der Waals surface area contributed by atoms with Gasteiger partial charge in [-0.05, 0) is 73.9 Å². The van der Waals surface area contributed by atoms with Crippen LogP contribution in [0.4, 0.5) is 0 Å². The fourth-order valence-electron chi connectivity index (χ4n) is 5.10. The minimum atomic E-state index is 0.683. The molecule has 4 rings (SSSR count). The van der Waals surface area contributed by atoms with Gasteiger partial charge in [0.1, 0.15) is 0 Å². The number of aromatic nitrogens is 1. The first-order valence-corrected chi connectivity index (χ1v) is 11.3. The van der Waals surface area contributed by atoms with E-state index in [2.05, 4.69) is 58.0 Å². The number of halogens is 1. The molecule has 1 aliphatic carbocycles. The molecule has 2 aliphatic rings. The van der Waals surface area contributed by atoms with Crippen LogP contribution in [0.25, 0.3) is 10.9 Å². The second-order valence-corrected chi connectivity index (χ2v) is 9.40. The molecular weight excluding hydrogens is 380 g/mol. The average molecular weight is 407 g/mol. The Balaban J connectivity index is 1.82. The first-order chi connectivity index (χ1) is 11.6. The van der Waals surface area contributed by atoms with Crippen LogP contribution in [0.2, 0.25) is 0 Å². The number of nitrogens with zero attached hydrogens (tertiary/aromatic N) is 1. The highest BCUT2D eigenvalue weighted by Gasteiger charge is 2.40. The fraction of sp³-hybridized carbons (Fsp3) is 0.600. The molecule has 1 N–H and O–H groups in total. The van der Waals surface area contributed by atoms with E-state index in [0.29, 0.717) is 12.0 Å². The van der Waals surface area contributed by atoms with Gasteiger partial charge in [0.15, 0.2) is 0 Å². The Labute approximate surface area is 157 Å². The van der Waals surface area contributed by atoms with Gasteiger partial charge in [0.25, 0.3) is 0 Å². The minimum Gasteiger partial charge on any atom is -0.358 e. The summed E-state index contributed by atoms with van der Waals surface area (Å²) in [6.45, 7) is 7.09. The molecule has 1 unspecified atom stereocenters. The largest absolute Gasteiger partial charge is 0.358 e. The Hall–Kier alpha value is -0.450. The second kappa shape index (κ2) is 6.69. The van der Waals surface area contributed by atoms with Gasteiger partial charge in [-0.1, -0.05) is 22.9 Å². The Morgan fingerprint density at radius 2 is 2.21 bits per heavy atom. The maximum Gasteiger partial charge on any atom is 0.0473 e. The van der Waals surface area contributed by atoms with Gasteiger partial charge in [0.2, 0.25) is 0 Å². The minimum absolute atomic E-state index is 0.683. The molecule has 0 spiro atoms. The van der Waals surface area contributed by atoms with Gasteiger partial charge in [-0.25, -0.2) is 0 Å². The van der Waals surface area contributed by atoms with Crippen LogP contribution in [0, 0.1) is 12.8 Å². The molecule has 1 aliphatic heterocycles. The first kappa shape index (κ1) is 17.0. The number of hydrogen-bond donors (Lipinski definition) is 1. The van der Waals surface area contributed by atoms with Crippen molar-refractivity contribution in [1.82, 2.24) is 9.88 Å². The SMILES string of the molecule is CCCN1C[C@H](CSC)CC2c3cc(Br)cc4[nH]c(C)c(c34)C[C@H]21. The van der Waals surface area contributed by atoms with Crippen molar-refractivity contribution in [3.05, 3.63) is 33.4 Å². The number of piperidine rings is 1. The number of aryl methyl sites for hydroxylation is 1. The first-order valence-electron chi connectivity index (χ1n) is 9.16. The summed E-state index contributed by atoms with van der Waals surface area (Å²) in [7, 11) is 0. The van der Waals surface area contributed by atoms with Crippen LogP contribution in [0.1, 0.15) is 42.5 Å². The van der Waals surface area contributed by atoms with Crippen LogP contribution in [0.3, 0.4) is 0 Å². The van der Waals surface area contributed by atoms with Gasteiger partial charge in [0, 0.05) is 39.6 Å². The predicted molar refractivity (Wildman–Crippen MR) is 109 cm³/mol. The third-order valence-corrected chi connectivity index (χ3v) is 7.21. The molecule has 0 bridgehead atoms. The van der Waals surface area contributed by atoms with Crippen LogP contribution in [0.15, 0.2) is 16.6 Å². The lowest BCUT2D eigenvalue weighted by Gasteiger charge is -2.47.